The largest absolute Gasteiger partial charge is 0.461 e. The average molecular weight is 355 g/mol. The fourth-order valence-electron chi connectivity index (χ4n) is 2.59. The van der Waals surface area contributed by atoms with E-state index in [-0.39, 0.29) is 5.97 Å². The van der Waals surface area contributed by atoms with Crippen molar-refractivity contribution >= 4 is 5.97 Å². The zero-order valence-corrected chi connectivity index (χ0v) is 16.9. The molecular weight excluding hydrogens is 320 g/mol. The minimum atomic E-state index is -0.132. The molecule has 0 aromatic heterocycles. The Bertz CT molecular complexity index is 617. The average Bonchev–Trinajstić information content (AvgIpc) is 2.60. The van der Waals surface area contributed by atoms with Gasteiger partial charge < -0.3 is 4.74 Å². The normalized spacial score (nSPS) is 12.0. The van der Waals surface area contributed by atoms with Gasteiger partial charge in [-0.3, -0.25) is 4.79 Å². The van der Waals surface area contributed by atoms with Crippen molar-refractivity contribution in [2.75, 3.05) is 0 Å². The molecule has 0 amide bonds. The van der Waals surface area contributed by atoms with Crippen molar-refractivity contribution in [3.05, 3.63) is 70.8 Å². The highest BCUT2D eigenvalue weighted by Crippen LogP contribution is 2.12. The lowest BCUT2D eigenvalue weighted by Gasteiger charge is -2.04. The second-order valence-electron chi connectivity index (χ2n) is 7.14. The highest BCUT2D eigenvalue weighted by Gasteiger charge is 2.02. The molecule has 0 saturated heterocycles. The van der Waals surface area contributed by atoms with Crippen LogP contribution in [0.5, 0.6) is 0 Å². The second-order valence-corrected chi connectivity index (χ2v) is 7.14. The summed E-state index contributed by atoms with van der Waals surface area (Å²) in [5, 5.41) is 0. The highest BCUT2D eigenvalue weighted by molar-refractivity contribution is 5.69. The van der Waals surface area contributed by atoms with Crippen LogP contribution in [0.3, 0.4) is 0 Å². The first-order valence-electron chi connectivity index (χ1n) is 9.61. The van der Waals surface area contributed by atoms with Crippen LogP contribution in [0.15, 0.2) is 65.3 Å². The van der Waals surface area contributed by atoms with Crippen LogP contribution in [0.4, 0.5) is 0 Å². The molecule has 2 nitrogen and oxygen atoms in total. The van der Waals surface area contributed by atoms with Gasteiger partial charge in [0, 0.05) is 6.42 Å². The van der Waals surface area contributed by atoms with Crippen LogP contribution in [0.2, 0.25) is 0 Å². The first kappa shape index (κ1) is 22.0. The molecule has 0 heterocycles. The minimum absolute atomic E-state index is 0.132. The van der Waals surface area contributed by atoms with Crippen LogP contribution < -0.4 is 0 Å². The maximum Gasteiger partial charge on any atom is 0.306 e. The molecule has 1 rings (SSSR count). The lowest BCUT2D eigenvalue weighted by Crippen LogP contribution is -2.03. The third-order valence-corrected chi connectivity index (χ3v) is 4.21. The SMILES string of the molecule is CC(C)=CCCC(C)=CCCC(C)=CCCC(=O)OCc1ccccc1. The van der Waals surface area contributed by atoms with Crippen LogP contribution in [-0.2, 0) is 16.1 Å². The Morgan fingerprint density at radius 2 is 1.35 bits per heavy atom. The Morgan fingerprint density at radius 3 is 1.92 bits per heavy atom. The quantitative estimate of drug-likeness (QED) is 0.318. The predicted octanol–water partition coefficient (Wildman–Crippen LogP) is 6.93. The molecule has 0 bridgehead atoms. The summed E-state index contributed by atoms with van der Waals surface area (Å²) in [6.45, 7) is 9.00. The Kier molecular flexibility index (Phi) is 11.1. The number of esters is 1. The first-order valence-corrected chi connectivity index (χ1v) is 9.61. The predicted molar refractivity (Wildman–Crippen MR) is 111 cm³/mol. The number of carbonyl (C=O) groups is 1. The van der Waals surface area contributed by atoms with Gasteiger partial charge >= 0.3 is 5.97 Å². The van der Waals surface area contributed by atoms with Gasteiger partial charge in [-0.2, -0.15) is 0 Å². The van der Waals surface area contributed by atoms with Crippen molar-refractivity contribution in [3.63, 3.8) is 0 Å². The van der Waals surface area contributed by atoms with E-state index in [1.165, 1.54) is 16.7 Å². The molecule has 26 heavy (non-hydrogen) atoms. The minimum Gasteiger partial charge on any atom is -0.461 e. The van der Waals surface area contributed by atoms with E-state index < -0.39 is 0 Å². The monoisotopic (exact) mass is 354 g/mol. The Morgan fingerprint density at radius 1 is 0.808 bits per heavy atom. The van der Waals surface area contributed by atoms with Gasteiger partial charge in [0.1, 0.15) is 6.61 Å². The number of ether oxygens (including phenoxy) is 1. The van der Waals surface area contributed by atoms with Gasteiger partial charge in [0.25, 0.3) is 0 Å². The van der Waals surface area contributed by atoms with E-state index in [1.807, 2.05) is 30.3 Å². The second kappa shape index (κ2) is 13.2. The molecule has 0 N–H and O–H groups in total. The number of carbonyl (C=O) groups excluding carboxylic acids is 1. The van der Waals surface area contributed by atoms with Gasteiger partial charge in [0.05, 0.1) is 0 Å². The fraction of sp³-hybridized carbons (Fsp3) is 0.458. The molecule has 0 aliphatic rings. The third-order valence-electron chi connectivity index (χ3n) is 4.21. The van der Waals surface area contributed by atoms with E-state index >= 15 is 0 Å². The lowest BCUT2D eigenvalue weighted by atomic mass is 10.1. The van der Waals surface area contributed by atoms with Crippen molar-refractivity contribution in [1.82, 2.24) is 0 Å². The lowest BCUT2D eigenvalue weighted by molar-refractivity contribution is -0.144. The molecule has 0 atom stereocenters. The van der Waals surface area contributed by atoms with Gasteiger partial charge in [0.2, 0.25) is 0 Å². The van der Waals surface area contributed by atoms with E-state index in [4.69, 9.17) is 4.74 Å². The van der Waals surface area contributed by atoms with E-state index in [9.17, 15) is 4.79 Å². The topological polar surface area (TPSA) is 26.3 Å². The van der Waals surface area contributed by atoms with Crippen LogP contribution >= 0.6 is 0 Å². The summed E-state index contributed by atoms with van der Waals surface area (Å²) in [5.74, 6) is -0.132. The molecule has 0 aliphatic carbocycles. The number of hydrogen-bond acceptors (Lipinski definition) is 2. The highest BCUT2D eigenvalue weighted by atomic mass is 16.5. The molecule has 2 heteroatoms. The molecule has 0 saturated carbocycles. The smallest absolute Gasteiger partial charge is 0.306 e. The summed E-state index contributed by atoms with van der Waals surface area (Å²) in [4.78, 5) is 11.8. The number of hydrogen-bond donors (Lipinski definition) is 0. The van der Waals surface area contributed by atoms with Crippen molar-refractivity contribution in [2.45, 2.75) is 72.8 Å². The van der Waals surface area contributed by atoms with Crippen LogP contribution in [0, 0.1) is 0 Å². The van der Waals surface area contributed by atoms with Crippen molar-refractivity contribution in [3.8, 4) is 0 Å². The molecule has 1 aromatic carbocycles. The van der Waals surface area contributed by atoms with Crippen LogP contribution in [0.1, 0.15) is 71.8 Å². The van der Waals surface area contributed by atoms with Crippen molar-refractivity contribution < 1.29 is 9.53 Å². The van der Waals surface area contributed by atoms with E-state index in [1.54, 1.807) is 0 Å². The van der Waals surface area contributed by atoms with E-state index in [2.05, 4.69) is 45.9 Å². The van der Waals surface area contributed by atoms with E-state index in [0.717, 1.165) is 37.7 Å². The van der Waals surface area contributed by atoms with Crippen molar-refractivity contribution in [2.24, 2.45) is 0 Å². The fourth-order valence-corrected chi connectivity index (χ4v) is 2.59. The summed E-state index contributed by atoms with van der Waals surface area (Å²) in [5.41, 5.74) is 5.21. The van der Waals surface area contributed by atoms with Crippen LogP contribution in [0.25, 0.3) is 0 Å². The summed E-state index contributed by atoms with van der Waals surface area (Å²) < 4.78 is 5.29. The van der Waals surface area contributed by atoms with Gasteiger partial charge in [-0.05, 0) is 65.4 Å². The Labute approximate surface area is 159 Å². The third kappa shape index (κ3) is 11.5. The van der Waals surface area contributed by atoms with Gasteiger partial charge in [-0.25, -0.2) is 0 Å². The molecule has 0 radical (unpaired) electrons. The summed E-state index contributed by atoms with van der Waals surface area (Å²) in [6, 6.07) is 9.79. The molecular formula is C24H34O2. The molecule has 0 unspecified atom stereocenters. The van der Waals surface area contributed by atoms with Crippen LogP contribution in [-0.4, -0.2) is 5.97 Å². The molecule has 0 spiro atoms. The molecule has 142 valence electrons. The Hall–Kier alpha value is -2.09. The molecule has 0 fully saturated rings. The number of allylic oxidation sites excluding steroid dienone is 6. The first-order chi connectivity index (χ1) is 12.5. The number of rotatable bonds is 11. The van der Waals surface area contributed by atoms with E-state index in [0.29, 0.717) is 13.0 Å². The maximum atomic E-state index is 11.8. The summed E-state index contributed by atoms with van der Waals surface area (Å²) in [7, 11) is 0. The number of benzene rings is 1. The standard InChI is InChI=1S/C24H34O2/c1-20(2)11-8-12-21(3)13-9-14-22(4)15-10-18-24(25)26-19-23-16-6-5-7-17-23/h5-7,11,13,15-17H,8-10,12,14,18-19H2,1-4H3. The van der Waals surface area contributed by atoms with Crippen molar-refractivity contribution in [1.29, 1.82) is 0 Å². The zero-order valence-electron chi connectivity index (χ0n) is 16.9. The summed E-state index contributed by atoms with van der Waals surface area (Å²) in [6.07, 6.45) is 12.4. The van der Waals surface area contributed by atoms with Gasteiger partial charge in [-0.1, -0.05) is 65.3 Å². The van der Waals surface area contributed by atoms with Gasteiger partial charge in [-0.15, -0.1) is 0 Å². The molecule has 0 aliphatic heterocycles. The van der Waals surface area contributed by atoms with Gasteiger partial charge in [0.15, 0.2) is 0 Å². The molecule has 1 aromatic rings. The maximum absolute atomic E-state index is 11.8. The zero-order chi connectivity index (χ0) is 19.2. The Balaban J connectivity index is 2.18. The summed E-state index contributed by atoms with van der Waals surface area (Å²) >= 11 is 0.